The Labute approximate surface area is 165 Å². The van der Waals surface area contributed by atoms with Gasteiger partial charge in [-0.25, -0.2) is 0 Å². The highest BCUT2D eigenvalue weighted by molar-refractivity contribution is 6.06. The summed E-state index contributed by atoms with van der Waals surface area (Å²) in [5.74, 6) is -0.270. The first-order valence-corrected chi connectivity index (χ1v) is 9.26. The maximum atomic E-state index is 13.4. The van der Waals surface area contributed by atoms with E-state index in [1.807, 2.05) is 24.3 Å². The number of β-amino-alcohol motifs (C(OH)–C–C–N with tert-alkyl or cyclic N) is 1. The molecule has 150 valence electrons. The zero-order chi connectivity index (χ0) is 20.8. The highest BCUT2D eigenvalue weighted by Gasteiger charge is 2.37. The number of carbonyl (C=O) groups excluding carboxylic acids is 1. The Morgan fingerprint density at radius 2 is 1.83 bits per heavy atom. The first-order chi connectivity index (χ1) is 13.7. The first kappa shape index (κ1) is 19.4. The zero-order valence-electron chi connectivity index (χ0n) is 15.6. The van der Waals surface area contributed by atoms with Gasteiger partial charge in [0, 0.05) is 17.6 Å². The molecule has 1 aromatic heterocycles. The summed E-state index contributed by atoms with van der Waals surface area (Å²) >= 11 is 0. The predicted octanol–water partition coefficient (Wildman–Crippen LogP) is 4.51. The van der Waals surface area contributed by atoms with Crippen LogP contribution in [0.3, 0.4) is 0 Å². The second-order valence-corrected chi connectivity index (χ2v) is 7.31. The summed E-state index contributed by atoms with van der Waals surface area (Å²) < 4.78 is 38.6. The van der Waals surface area contributed by atoms with Crippen molar-refractivity contribution < 1.29 is 23.1 Å². The fourth-order valence-electron chi connectivity index (χ4n) is 3.89. The Hall–Kier alpha value is -2.93. The number of aryl methyl sites for hydroxylation is 1. The van der Waals surface area contributed by atoms with Crippen molar-refractivity contribution in [1.82, 2.24) is 9.88 Å². The molecule has 7 heteroatoms. The number of aromatic nitrogens is 1. The number of rotatable bonds is 2. The number of halogens is 3. The molecule has 4 rings (SSSR count). The molecule has 0 unspecified atom stereocenters. The lowest BCUT2D eigenvalue weighted by Crippen LogP contribution is -2.32. The quantitative estimate of drug-likeness (QED) is 0.689. The lowest BCUT2D eigenvalue weighted by atomic mass is 10.0. The van der Waals surface area contributed by atoms with Gasteiger partial charge in [0.15, 0.2) is 0 Å². The van der Waals surface area contributed by atoms with Crippen LogP contribution in [0, 0.1) is 6.92 Å². The summed E-state index contributed by atoms with van der Waals surface area (Å²) in [5.41, 5.74) is 1.69. The SMILES string of the molecule is Cc1cc(C(=O)N2C[C@@H](O)C[C@@H]2c2ccc(C(F)(F)F)cc2)c2ccccc2n1. The Morgan fingerprint density at radius 1 is 1.14 bits per heavy atom. The Balaban J connectivity index is 1.71. The van der Waals surface area contributed by atoms with Crippen molar-refractivity contribution in [1.29, 1.82) is 0 Å². The molecule has 3 aromatic rings. The summed E-state index contributed by atoms with van der Waals surface area (Å²) in [6, 6.07) is 13.3. The zero-order valence-corrected chi connectivity index (χ0v) is 15.6. The van der Waals surface area contributed by atoms with Gasteiger partial charge in [-0.3, -0.25) is 9.78 Å². The lowest BCUT2D eigenvalue weighted by molar-refractivity contribution is -0.137. The van der Waals surface area contributed by atoms with Crippen LogP contribution in [0.15, 0.2) is 54.6 Å². The maximum absolute atomic E-state index is 13.4. The van der Waals surface area contributed by atoms with Crippen LogP contribution < -0.4 is 0 Å². The molecule has 0 bridgehead atoms. The first-order valence-electron chi connectivity index (χ1n) is 9.26. The van der Waals surface area contributed by atoms with E-state index in [0.717, 1.165) is 12.1 Å². The summed E-state index contributed by atoms with van der Waals surface area (Å²) in [6.45, 7) is 1.93. The van der Waals surface area contributed by atoms with Crippen molar-refractivity contribution >= 4 is 16.8 Å². The van der Waals surface area contributed by atoms with Crippen LogP contribution in [0.2, 0.25) is 0 Å². The van der Waals surface area contributed by atoms with Crippen molar-refractivity contribution in [2.24, 2.45) is 0 Å². The third-order valence-electron chi connectivity index (χ3n) is 5.24. The molecular formula is C22H19F3N2O2. The van der Waals surface area contributed by atoms with E-state index in [4.69, 9.17) is 0 Å². The summed E-state index contributed by atoms with van der Waals surface area (Å²) in [7, 11) is 0. The number of amides is 1. The summed E-state index contributed by atoms with van der Waals surface area (Å²) in [4.78, 5) is 19.4. The van der Waals surface area contributed by atoms with E-state index in [9.17, 15) is 23.1 Å². The van der Waals surface area contributed by atoms with Crippen LogP contribution in [0.5, 0.6) is 0 Å². The van der Waals surface area contributed by atoms with Gasteiger partial charge in [-0.05, 0) is 43.2 Å². The molecule has 0 spiro atoms. The van der Waals surface area contributed by atoms with Crippen LogP contribution >= 0.6 is 0 Å². The van der Waals surface area contributed by atoms with Crippen LogP contribution in [-0.2, 0) is 6.18 Å². The molecule has 2 aromatic carbocycles. The maximum Gasteiger partial charge on any atom is 0.416 e. The number of alkyl halides is 3. The Kier molecular flexibility index (Phi) is 4.78. The number of pyridine rings is 1. The molecule has 0 saturated carbocycles. The van der Waals surface area contributed by atoms with Crippen LogP contribution in [-0.4, -0.2) is 33.5 Å². The van der Waals surface area contributed by atoms with E-state index in [1.54, 1.807) is 13.0 Å². The second-order valence-electron chi connectivity index (χ2n) is 7.31. The topological polar surface area (TPSA) is 53.4 Å². The van der Waals surface area contributed by atoms with Crippen LogP contribution in [0.25, 0.3) is 10.9 Å². The van der Waals surface area contributed by atoms with Crippen molar-refractivity contribution in [3.8, 4) is 0 Å². The second kappa shape index (κ2) is 7.15. The number of hydrogen-bond donors (Lipinski definition) is 1. The van der Waals surface area contributed by atoms with Crippen molar-refractivity contribution in [3.05, 3.63) is 77.0 Å². The van der Waals surface area contributed by atoms with Gasteiger partial charge in [-0.1, -0.05) is 30.3 Å². The van der Waals surface area contributed by atoms with Crippen LogP contribution in [0.4, 0.5) is 13.2 Å². The normalized spacial score (nSPS) is 19.7. The molecule has 1 fully saturated rings. The van der Waals surface area contributed by atoms with Crippen molar-refractivity contribution in [2.45, 2.75) is 31.7 Å². The lowest BCUT2D eigenvalue weighted by Gasteiger charge is -2.26. The Bertz CT molecular complexity index is 1060. The van der Waals surface area contributed by atoms with Crippen molar-refractivity contribution in [2.75, 3.05) is 6.54 Å². The minimum Gasteiger partial charge on any atom is -0.391 e. The minimum atomic E-state index is -4.42. The average molecular weight is 400 g/mol. The van der Waals surface area contributed by atoms with E-state index in [0.29, 0.717) is 27.7 Å². The molecule has 0 aliphatic carbocycles. The number of para-hydroxylation sites is 1. The fourth-order valence-corrected chi connectivity index (χ4v) is 3.89. The number of carbonyl (C=O) groups is 1. The highest BCUT2D eigenvalue weighted by atomic mass is 19.4. The molecule has 2 atom stereocenters. The smallest absolute Gasteiger partial charge is 0.391 e. The number of benzene rings is 2. The van der Waals surface area contributed by atoms with E-state index in [-0.39, 0.29) is 18.9 Å². The minimum absolute atomic E-state index is 0.125. The van der Waals surface area contributed by atoms with Gasteiger partial charge < -0.3 is 10.0 Å². The van der Waals surface area contributed by atoms with E-state index >= 15 is 0 Å². The van der Waals surface area contributed by atoms with E-state index in [2.05, 4.69) is 4.98 Å². The number of aliphatic hydroxyl groups excluding tert-OH is 1. The molecule has 29 heavy (non-hydrogen) atoms. The summed E-state index contributed by atoms with van der Waals surface area (Å²) in [6.07, 6.45) is -4.88. The third kappa shape index (κ3) is 3.70. The van der Waals surface area contributed by atoms with Crippen molar-refractivity contribution in [3.63, 3.8) is 0 Å². The number of fused-ring (bicyclic) bond motifs is 1. The standard InChI is InChI=1S/C22H19F3N2O2/c1-13-10-18(17-4-2-3-5-19(17)26-13)21(29)27-12-16(28)11-20(27)14-6-8-15(9-7-14)22(23,24)25/h2-10,16,20,28H,11-12H2,1H3/t16-,20+/m0/s1. The van der Waals surface area contributed by atoms with Gasteiger partial charge >= 0.3 is 6.18 Å². The van der Waals surface area contributed by atoms with Gasteiger partial charge in [0.2, 0.25) is 0 Å². The molecule has 1 aliphatic rings. The third-order valence-corrected chi connectivity index (χ3v) is 5.24. The molecule has 1 N–H and O–H groups in total. The van der Waals surface area contributed by atoms with Crippen LogP contribution in [0.1, 0.15) is 39.6 Å². The van der Waals surface area contributed by atoms with E-state index < -0.39 is 23.9 Å². The number of likely N-dealkylation sites (tertiary alicyclic amines) is 1. The fraction of sp³-hybridized carbons (Fsp3) is 0.273. The molecule has 4 nitrogen and oxygen atoms in total. The van der Waals surface area contributed by atoms with Gasteiger partial charge in [-0.2, -0.15) is 13.2 Å². The molecule has 1 aliphatic heterocycles. The molecule has 2 heterocycles. The van der Waals surface area contributed by atoms with Gasteiger partial charge in [0.25, 0.3) is 5.91 Å². The van der Waals surface area contributed by atoms with Gasteiger partial charge in [0.05, 0.1) is 28.8 Å². The van der Waals surface area contributed by atoms with Gasteiger partial charge in [0.1, 0.15) is 0 Å². The average Bonchev–Trinajstić information content (AvgIpc) is 3.08. The Morgan fingerprint density at radius 3 is 2.52 bits per heavy atom. The molecule has 1 saturated heterocycles. The highest BCUT2D eigenvalue weighted by Crippen LogP contribution is 2.36. The number of nitrogens with zero attached hydrogens (tertiary/aromatic N) is 2. The predicted molar refractivity (Wildman–Crippen MR) is 102 cm³/mol. The van der Waals surface area contributed by atoms with Gasteiger partial charge in [-0.15, -0.1) is 0 Å². The number of hydrogen-bond acceptors (Lipinski definition) is 3. The van der Waals surface area contributed by atoms with E-state index in [1.165, 1.54) is 17.0 Å². The molecule has 0 radical (unpaired) electrons. The number of aliphatic hydroxyl groups is 1. The molecular weight excluding hydrogens is 381 g/mol. The largest absolute Gasteiger partial charge is 0.416 e. The molecule has 1 amide bonds. The summed E-state index contributed by atoms with van der Waals surface area (Å²) in [5, 5.41) is 10.9. The monoisotopic (exact) mass is 400 g/mol.